The highest BCUT2D eigenvalue weighted by atomic mass is 79.9. The van der Waals surface area contributed by atoms with Crippen LogP contribution in [0.15, 0.2) is 22.2 Å². The van der Waals surface area contributed by atoms with Crippen molar-refractivity contribution in [1.29, 1.82) is 0 Å². The smallest absolute Gasteiger partial charge is 0.226 e. The lowest BCUT2D eigenvalue weighted by molar-refractivity contribution is -0.137. The van der Waals surface area contributed by atoms with Gasteiger partial charge in [0.05, 0.1) is 10.4 Å². The van der Waals surface area contributed by atoms with Crippen LogP contribution in [0.4, 0.5) is 0 Å². The van der Waals surface area contributed by atoms with Crippen LogP contribution in [0.1, 0.15) is 39.8 Å². The van der Waals surface area contributed by atoms with Gasteiger partial charge in [-0.15, -0.1) is 22.7 Å². The van der Waals surface area contributed by atoms with Crippen molar-refractivity contribution in [1.82, 2.24) is 9.88 Å². The Morgan fingerprint density at radius 3 is 2.75 bits per heavy atom. The molecule has 2 aromatic rings. The maximum Gasteiger partial charge on any atom is 0.226 e. The van der Waals surface area contributed by atoms with Crippen LogP contribution in [0.25, 0.3) is 0 Å². The van der Waals surface area contributed by atoms with E-state index in [0.29, 0.717) is 31.8 Å². The van der Waals surface area contributed by atoms with E-state index in [-0.39, 0.29) is 11.8 Å². The van der Waals surface area contributed by atoms with Crippen LogP contribution in [-0.4, -0.2) is 34.0 Å². The highest BCUT2D eigenvalue weighted by Crippen LogP contribution is 2.51. The maximum absolute atomic E-state index is 12.7. The van der Waals surface area contributed by atoms with Crippen LogP contribution in [0.2, 0.25) is 0 Å². The Morgan fingerprint density at radius 1 is 1.42 bits per heavy atom. The Bertz CT molecular complexity index is 764. The van der Waals surface area contributed by atoms with Crippen molar-refractivity contribution >= 4 is 44.5 Å². The molecule has 2 unspecified atom stereocenters. The molecule has 2 atom stereocenters. The van der Waals surface area contributed by atoms with Gasteiger partial charge in [0.25, 0.3) is 0 Å². The molecule has 1 N–H and O–H groups in total. The van der Waals surface area contributed by atoms with Crippen molar-refractivity contribution in [2.24, 2.45) is 5.92 Å². The predicted molar refractivity (Wildman–Crippen MR) is 99.4 cm³/mol. The third-order valence-corrected chi connectivity index (χ3v) is 8.10. The molecule has 1 aliphatic heterocycles. The predicted octanol–water partition coefficient (Wildman–Crippen LogP) is 3.89. The van der Waals surface area contributed by atoms with Gasteiger partial charge in [0, 0.05) is 34.7 Å². The van der Waals surface area contributed by atoms with Crippen molar-refractivity contribution in [3.05, 3.63) is 36.9 Å². The van der Waals surface area contributed by atoms with Gasteiger partial charge in [-0.3, -0.25) is 4.79 Å². The van der Waals surface area contributed by atoms with E-state index in [1.807, 2.05) is 4.90 Å². The quantitative estimate of drug-likeness (QED) is 0.809. The Kier molecular flexibility index (Phi) is 4.31. The molecule has 1 amide bonds. The zero-order valence-electron chi connectivity index (χ0n) is 13.4. The number of likely N-dealkylation sites (tertiary alicyclic amines) is 1. The first-order valence-electron chi connectivity index (χ1n) is 8.15. The van der Waals surface area contributed by atoms with Gasteiger partial charge in [-0.25, -0.2) is 4.98 Å². The van der Waals surface area contributed by atoms with E-state index in [0.717, 1.165) is 15.9 Å². The minimum absolute atomic E-state index is 0.143. The third kappa shape index (κ3) is 2.96. The molecule has 3 heterocycles. The van der Waals surface area contributed by atoms with E-state index in [9.17, 15) is 9.90 Å². The van der Waals surface area contributed by atoms with Crippen molar-refractivity contribution < 1.29 is 9.90 Å². The number of amides is 1. The summed E-state index contributed by atoms with van der Waals surface area (Å²) in [5.74, 6) is 0.813. The summed E-state index contributed by atoms with van der Waals surface area (Å²) < 4.78 is 0.727. The normalized spacial score (nSPS) is 25.7. The van der Waals surface area contributed by atoms with Crippen LogP contribution in [0, 0.1) is 12.8 Å². The number of carbonyl (C=O) groups is 1. The van der Waals surface area contributed by atoms with Gasteiger partial charge in [-0.1, -0.05) is 0 Å². The number of thiazole rings is 1. The summed E-state index contributed by atoms with van der Waals surface area (Å²) in [6, 6.07) is 4.29. The summed E-state index contributed by atoms with van der Waals surface area (Å²) in [6.45, 7) is 3.34. The lowest BCUT2D eigenvalue weighted by Gasteiger charge is -2.37. The minimum atomic E-state index is -0.857. The van der Waals surface area contributed by atoms with Crippen LogP contribution in [-0.2, 0) is 10.4 Å². The summed E-state index contributed by atoms with van der Waals surface area (Å²) in [7, 11) is 0. The average molecular weight is 427 g/mol. The number of aliphatic hydroxyl groups is 1. The first-order chi connectivity index (χ1) is 11.5. The number of halogens is 1. The van der Waals surface area contributed by atoms with Crippen LogP contribution in [0.3, 0.4) is 0 Å². The van der Waals surface area contributed by atoms with Crippen molar-refractivity contribution in [3.8, 4) is 0 Å². The summed E-state index contributed by atoms with van der Waals surface area (Å²) in [4.78, 5) is 22.4. The molecule has 24 heavy (non-hydrogen) atoms. The largest absolute Gasteiger partial charge is 0.384 e. The molecule has 128 valence electrons. The van der Waals surface area contributed by atoms with Gasteiger partial charge in [0.15, 0.2) is 0 Å². The van der Waals surface area contributed by atoms with E-state index < -0.39 is 5.60 Å². The first-order valence-corrected chi connectivity index (χ1v) is 10.6. The standard InChI is InChI=1S/C17H19BrN2O2S2/c1-10-2-3-13(24-10)11-8-12(11)16(21)20-6-4-17(22,5-7-20)14-15(18)19-9-23-14/h2-3,9,11-12,22H,4-8H2,1H3. The maximum atomic E-state index is 12.7. The fraction of sp³-hybridized carbons (Fsp3) is 0.529. The average Bonchev–Trinajstić information content (AvgIpc) is 3.04. The molecule has 1 saturated heterocycles. The van der Waals surface area contributed by atoms with Crippen LogP contribution in [0.5, 0.6) is 0 Å². The molecule has 0 aromatic carbocycles. The number of aryl methyl sites for hydroxylation is 1. The molecule has 1 aliphatic carbocycles. The van der Waals surface area contributed by atoms with Gasteiger partial charge >= 0.3 is 0 Å². The fourth-order valence-corrected chi connectivity index (χ4v) is 6.31. The van der Waals surface area contributed by atoms with Crippen LogP contribution < -0.4 is 0 Å². The number of piperidine rings is 1. The lowest BCUT2D eigenvalue weighted by atomic mass is 9.90. The number of hydrogen-bond donors (Lipinski definition) is 1. The summed E-state index contributed by atoms with van der Waals surface area (Å²) in [5.41, 5.74) is 0.886. The minimum Gasteiger partial charge on any atom is -0.384 e. The molecule has 2 fully saturated rings. The Balaban J connectivity index is 1.38. The molecule has 1 saturated carbocycles. The first kappa shape index (κ1) is 16.7. The molecule has 0 spiro atoms. The molecule has 0 bridgehead atoms. The Hall–Kier alpha value is -0.760. The van der Waals surface area contributed by atoms with E-state index in [2.05, 4.69) is 40.0 Å². The second kappa shape index (κ2) is 6.20. The fourth-order valence-electron chi connectivity index (χ4n) is 3.53. The summed E-state index contributed by atoms with van der Waals surface area (Å²) in [5, 5.41) is 10.9. The van der Waals surface area contributed by atoms with Crippen molar-refractivity contribution in [2.75, 3.05) is 13.1 Å². The number of carbonyl (C=O) groups excluding carboxylic acids is 1. The monoisotopic (exact) mass is 426 g/mol. The third-order valence-electron chi connectivity index (χ3n) is 5.08. The van der Waals surface area contributed by atoms with Gasteiger partial charge in [0.1, 0.15) is 10.2 Å². The summed E-state index contributed by atoms with van der Waals surface area (Å²) in [6.07, 6.45) is 2.13. The van der Waals surface area contributed by atoms with E-state index in [1.165, 1.54) is 21.1 Å². The number of aromatic nitrogens is 1. The van der Waals surface area contributed by atoms with Gasteiger partial charge in [-0.05, 0) is 54.2 Å². The summed E-state index contributed by atoms with van der Waals surface area (Å²) >= 11 is 6.69. The second-order valence-corrected chi connectivity index (χ2v) is 9.65. The SMILES string of the molecule is Cc1ccc(C2CC2C(=O)N2CCC(O)(c3scnc3Br)CC2)s1. The van der Waals surface area contributed by atoms with E-state index in [1.54, 1.807) is 16.8 Å². The number of thiophene rings is 1. The highest BCUT2D eigenvalue weighted by Gasteiger charge is 2.48. The molecular weight excluding hydrogens is 408 g/mol. The Morgan fingerprint density at radius 2 is 2.17 bits per heavy atom. The zero-order chi connectivity index (χ0) is 16.9. The van der Waals surface area contributed by atoms with Crippen molar-refractivity contribution in [2.45, 2.75) is 37.7 Å². The van der Waals surface area contributed by atoms with Gasteiger partial charge in [0.2, 0.25) is 5.91 Å². The van der Waals surface area contributed by atoms with Gasteiger partial charge in [-0.2, -0.15) is 0 Å². The van der Waals surface area contributed by atoms with E-state index in [4.69, 9.17) is 0 Å². The number of rotatable bonds is 3. The van der Waals surface area contributed by atoms with Crippen LogP contribution >= 0.6 is 38.6 Å². The van der Waals surface area contributed by atoms with E-state index >= 15 is 0 Å². The molecule has 0 radical (unpaired) electrons. The number of hydrogen-bond acceptors (Lipinski definition) is 5. The molecular formula is C17H19BrN2O2S2. The Labute approximate surface area is 157 Å². The van der Waals surface area contributed by atoms with Crippen molar-refractivity contribution in [3.63, 3.8) is 0 Å². The van der Waals surface area contributed by atoms with Gasteiger partial charge < -0.3 is 10.0 Å². The second-order valence-electron chi connectivity index (χ2n) is 6.73. The molecule has 4 nitrogen and oxygen atoms in total. The molecule has 2 aromatic heterocycles. The molecule has 4 rings (SSSR count). The molecule has 7 heteroatoms. The molecule has 2 aliphatic rings. The topological polar surface area (TPSA) is 53.4 Å². The highest BCUT2D eigenvalue weighted by molar-refractivity contribution is 9.10. The number of nitrogens with zero attached hydrogens (tertiary/aromatic N) is 2. The lowest BCUT2D eigenvalue weighted by Crippen LogP contribution is -2.45. The zero-order valence-corrected chi connectivity index (χ0v) is 16.6.